The number of piperazine rings is 1. The second-order valence-electron chi connectivity index (χ2n) is 12.9. The average Bonchev–Trinajstić information content (AvgIpc) is 3.53. The summed E-state index contributed by atoms with van der Waals surface area (Å²) in [6.45, 7) is 7.74. The van der Waals surface area contributed by atoms with Gasteiger partial charge in [0.25, 0.3) is 0 Å². The molecule has 2 aromatic rings. The fourth-order valence-corrected chi connectivity index (χ4v) is 9.97. The molecular formula is C34H40N4O8S. The third-order valence-corrected chi connectivity index (χ3v) is 11.7. The number of nitrogens with zero attached hydrogens (tertiary/aromatic N) is 3. The number of carbonyl (C=O) groups excluding carboxylic acids is 2. The van der Waals surface area contributed by atoms with Crippen molar-refractivity contribution in [2.75, 3.05) is 39.9 Å². The lowest BCUT2D eigenvalue weighted by atomic mass is 9.71. The van der Waals surface area contributed by atoms with Gasteiger partial charge in [-0.2, -0.15) is 5.26 Å². The Hall–Kier alpha value is -3.70. The van der Waals surface area contributed by atoms with E-state index in [9.17, 15) is 20.0 Å². The minimum Gasteiger partial charge on any atom is -0.504 e. The maximum absolute atomic E-state index is 13.5. The number of phenols is 1. The van der Waals surface area contributed by atoms with Crippen molar-refractivity contribution in [2.45, 2.75) is 82.0 Å². The number of ether oxygens (including phenoxy) is 5. The highest BCUT2D eigenvalue weighted by Gasteiger charge is 2.60. The molecule has 0 radical (unpaired) electrons. The Labute approximate surface area is 278 Å². The highest BCUT2D eigenvalue weighted by molar-refractivity contribution is 7.99. The van der Waals surface area contributed by atoms with Crippen LogP contribution >= 0.6 is 11.8 Å². The zero-order valence-electron chi connectivity index (χ0n) is 27.4. The van der Waals surface area contributed by atoms with Gasteiger partial charge in [0.15, 0.2) is 23.0 Å². The SMILES string of the molecule is CCCN[C@H]1CS[C@@H]2c3c(OC(C)=O)c(C)c4c(c3[C@@H](COC1=O)N1C2[C@H]2c3c(cc(C)c(OC)c3O)C[C@@H]([C@@H]1C#N)N2C)OCO4. The van der Waals surface area contributed by atoms with E-state index < -0.39 is 35.4 Å². The molecule has 1 unspecified atom stereocenters. The predicted molar refractivity (Wildman–Crippen MR) is 172 cm³/mol. The van der Waals surface area contributed by atoms with Crippen LogP contribution in [-0.2, 0) is 20.7 Å². The molecule has 2 aromatic carbocycles. The van der Waals surface area contributed by atoms with Gasteiger partial charge in [0.05, 0.1) is 30.5 Å². The molecule has 4 bridgehead atoms. The minimum atomic E-state index is -0.634. The van der Waals surface area contributed by atoms with E-state index in [4.69, 9.17) is 23.7 Å². The van der Waals surface area contributed by atoms with Crippen LogP contribution in [-0.4, -0.2) is 90.9 Å². The van der Waals surface area contributed by atoms with Crippen LogP contribution in [0.1, 0.15) is 71.0 Å². The molecule has 6 aliphatic rings. The highest BCUT2D eigenvalue weighted by Crippen LogP contribution is 2.64. The summed E-state index contributed by atoms with van der Waals surface area (Å²) in [6.07, 6.45) is 1.38. The molecule has 2 saturated heterocycles. The summed E-state index contributed by atoms with van der Waals surface area (Å²) >= 11 is 1.55. The van der Waals surface area contributed by atoms with Crippen LogP contribution in [0.15, 0.2) is 6.07 Å². The molecule has 0 spiro atoms. The van der Waals surface area contributed by atoms with Crippen LogP contribution in [0.25, 0.3) is 0 Å². The monoisotopic (exact) mass is 664 g/mol. The number of methoxy groups -OCH3 is 1. The molecule has 47 heavy (non-hydrogen) atoms. The summed E-state index contributed by atoms with van der Waals surface area (Å²) in [5.74, 6) is 1.41. The Morgan fingerprint density at radius 3 is 2.66 bits per heavy atom. The number of nitrogens with one attached hydrogen (secondary N) is 1. The van der Waals surface area contributed by atoms with Gasteiger partial charge in [0.1, 0.15) is 24.4 Å². The van der Waals surface area contributed by atoms with Crippen molar-refractivity contribution in [1.29, 1.82) is 5.26 Å². The van der Waals surface area contributed by atoms with E-state index in [2.05, 4.69) is 27.3 Å². The summed E-state index contributed by atoms with van der Waals surface area (Å²) in [4.78, 5) is 30.6. The molecule has 0 aliphatic carbocycles. The Bertz CT molecular complexity index is 1690. The first-order valence-corrected chi connectivity index (χ1v) is 17.1. The van der Waals surface area contributed by atoms with Crippen molar-refractivity contribution in [1.82, 2.24) is 15.1 Å². The second kappa shape index (κ2) is 12.1. The van der Waals surface area contributed by atoms with Crippen molar-refractivity contribution in [3.8, 4) is 34.8 Å². The fourth-order valence-electron chi connectivity index (χ4n) is 8.43. The van der Waals surface area contributed by atoms with Crippen LogP contribution in [0.4, 0.5) is 0 Å². The number of esters is 2. The molecule has 13 heteroatoms. The molecule has 6 heterocycles. The van der Waals surface area contributed by atoms with E-state index in [-0.39, 0.29) is 37.2 Å². The van der Waals surface area contributed by atoms with E-state index >= 15 is 0 Å². The summed E-state index contributed by atoms with van der Waals surface area (Å²) in [5.41, 5.74) is 4.66. The topological polar surface area (TPSA) is 143 Å². The van der Waals surface area contributed by atoms with Gasteiger partial charge in [-0.3, -0.25) is 19.4 Å². The van der Waals surface area contributed by atoms with Crippen molar-refractivity contribution in [3.63, 3.8) is 0 Å². The first-order chi connectivity index (χ1) is 22.6. The van der Waals surface area contributed by atoms with Crippen LogP contribution in [0, 0.1) is 25.2 Å². The number of aryl methyl sites for hydroxylation is 1. The van der Waals surface area contributed by atoms with E-state index in [1.807, 2.05) is 27.8 Å². The summed E-state index contributed by atoms with van der Waals surface area (Å²) < 4.78 is 29.9. The molecule has 0 saturated carbocycles. The molecule has 12 nitrogen and oxygen atoms in total. The third kappa shape index (κ3) is 4.75. The number of aromatic hydroxyl groups is 1. The standard InChI is InChI=1S/C34H40N4O8S/c1-7-8-36-19-13-47-33-25-24(32-31(44-14-45-32)16(3)30(25)46-17(4)39)22(12-43-34(19)41)38-21(11-35)20-10-18-9-15(2)29(42-6)28(40)23(18)26(27(33)38)37(20)5/h9,19-22,26-27,33,36,40H,7-8,10,12-14H2,1-6H3/t19-,20-,21-,22+,26+,27?,33+/m0/s1. The molecule has 6 aliphatic heterocycles. The van der Waals surface area contributed by atoms with E-state index in [0.29, 0.717) is 52.8 Å². The molecule has 2 N–H and O–H groups in total. The number of nitriles is 1. The van der Waals surface area contributed by atoms with Crippen LogP contribution in [0.2, 0.25) is 0 Å². The number of likely N-dealkylation sites (N-methyl/N-ethyl adjacent to an activating group) is 1. The van der Waals surface area contributed by atoms with Crippen LogP contribution in [0.3, 0.4) is 0 Å². The van der Waals surface area contributed by atoms with Crippen molar-refractivity contribution >= 4 is 23.7 Å². The first kappa shape index (κ1) is 31.9. The number of fused-ring (bicyclic) bond motifs is 10. The lowest BCUT2D eigenvalue weighted by Gasteiger charge is -2.61. The molecule has 0 aromatic heterocycles. The van der Waals surface area contributed by atoms with Gasteiger partial charge in [0.2, 0.25) is 6.79 Å². The Morgan fingerprint density at radius 1 is 1.19 bits per heavy atom. The Balaban J connectivity index is 1.53. The number of phenolic OH excluding ortho intramolecular Hbond substituents is 1. The summed E-state index contributed by atoms with van der Waals surface area (Å²) in [7, 11) is 3.56. The number of thioether (sulfide) groups is 1. The highest BCUT2D eigenvalue weighted by atomic mass is 32.2. The molecular weight excluding hydrogens is 624 g/mol. The molecule has 250 valence electrons. The third-order valence-electron chi connectivity index (χ3n) is 10.3. The Morgan fingerprint density at radius 2 is 1.96 bits per heavy atom. The Kier molecular flexibility index (Phi) is 8.19. The van der Waals surface area contributed by atoms with E-state index in [1.54, 1.807) is 18.9 Å². The maximum atomic E-state index is 13.5. The van der Waals surface area contributed by atoms with Gasteiger partial charge >= 0.3 is 11.9 Å². The average molecular weight is 665 g/mol. The zero-order valence-corrected chi connectivity index (χ0v) is 28.2. The van der Waals surface area contributed by atoms with E-state index in [1.165, 1.54) is 6.92 Å². The molecule has 8 rings (SSSR count). The van der Waals surface area contributed by atoms with Gasteiger partial charge in [0, 0.05) is 47.0 Å². The van der Waals surface area contributed by atoms with Gasteiger partial charge in [-0.15, -0.1) is 11.8 Å². The van der Waals surface area contributed by atoms with Crippen molar-refractivity contribution < 1.29 is 38.4 Å². The number of carbonyl (C=O) groups is 2. The van der Waals surface area contributed by atoms with Crippen molar-refractivity contribution in [3.05, 3.63) is 39.4 Å². The maximum Gasteiger partial charge on any atom is 0.324 e. The summed E-state index contributed by atoms with van der Waals surface area (Å²) in [5, 5.41) is 25.7. The second-order valence-corrected chi connectivity index (χ2v) is 14.1. The first-order valence-electron chi connectivity index (χ1n) is 16.1. The number of rotatable bonds is 5. The normalized spacial score (nSPS) is 29.2. The lowest BCUT2D eigenvalue weighted by molar-refractivity contribution is -0.151. The molecule has 2 fully saturated rings. The summed E-state index contributed by atoms with van der Waals surface area (Å²) in [6, 6.07) is 1.84. The fraction of sp³-hybridized carbons (Fsp3) is 0.559. The predicted octanol–water partition coefficient (Wildman–Crippen LogP) is 3.60. The van der Waals surface area contributed by atoms with Gasteiger partial charge in [-0.05, 0) is 51.4 Å². The molecule has 0 amide bonds. The van der Waals surface area contributed by atoms with E-state index in [0.717, 1.165) is 28.7 Å². The largest absolute Gasteiger partial charge is 0.504 e. The van der Waals surface area contributed by atoms with Gasteiger partial charge < -0.3 is 34.1 Å². The number of hydrogen-bond acceptors (Lipinski definition) is 13. The lowest BCUT2D eigenvalue weighted by Crippen LogP contribution is -2.69. The van der Waals surface area contributed by atoms with Crippen LogP contribution in [0.5, 0.6) is 28.7 Å². The van der Waals surface area contributed by atoms with Gasteiger partial charge in [-0.25, -0.2) is 0 Å². The minimum absolute atomic E-state index is 0.0149. The zero-order chi connectivity index (χ0) is 33.3. The van der Waals surface area contributed by atoms with Crippen LogP contribution < -0.4 is 24.3 Å². The smallest absolute Gasteiger partial charge is 0.324 e. The number of benzene rings is 2. The number of hydrogen-bond donors (Lipinski definition) is 2. The van der Waals surface area contributed by atoms with Crippen molar-refractivity contribution in [2.24, 2.45) is 0 Å². The quantitative estimate of drug-likeness (QED) is 0.355. The molecule has 7 atom stereocenters. The van der Waals surface area contributed by atoms with Gasteiger partial charge in [-0.1, -0.05) is 13.0 Å².